The lowest BCUT2D eigenvalue weighted by atomic mass is 9.89. The molecule has 0 radical (unpaired) electrons. The van der Waals surface area contributed by atoms with Gasteiger partial charge in [0.05, 0.1) is 36.8 Å². The van der Waals surface area contributed by atoms with Crippen molar-refractivity contribution < 1.29 is 28.2 Å². The zero-order chi connectivity index (χ0) is 25.0. The summed E-state index contributed by atoms with van der Waals surface area (Å²) in [7, 11) is 1.31. The summed E-state index contributed by atoms with van der Waals surface area (Å²) < 4.78 is 25.9. The molecule has 3 aliphatic heterocycles. The number of carbonyl (C=O) groups excluding carboxylic acids is 3. The van der Waals surface area contributed by atoms with E-state index in [9.17, 15) is 18.8 Å². The average molecular weight is 493 g/mol. The summed E-state index contributed by atoms with van der Waals surface area (Å²) in [6, 6.07) is 5.78. The van der Waals surface area contributed by atoms with Crippen molar-refractivity contribution in [3.63, 3.8) is 0 Å². The Morgan fingerprint density at radius 2 is 2.14 bits per heavy atom. The number of nitrogens with one attached hydrogen (secondary N) is 4. The van der Waals surface area contributed by atoms with Crippen LogP contribution in [0.15, 0.2) is 36.7 Å². The van der Waals surface area contributed by atoms with Crippen molar-refractivity contribution in [3.8, 4) is 11.5 Å². The van der Waals surface area contributed by atoms with Crippen LogP contribution in [0, 0.1) is 5.82 Å². The molecule has 3 aliphatic rings. The minimum absolute atomic E-state index is 0.0499. The second-order valence-electron chi connectivity index (χ2n) is 8.72. The van der Waals surface area contributed by atoms with Crippen molar-refractivity contribution >= 4 is 29.4 Å². The van der Waals surface area contributed by atoms with Gasteiger partial charge in [0, 0.05) is 19.2 Å². The topological polar surface area (TPSA) is 151 Å². The Kier molecular flexibility index (Phi) is 4.81. The number of amides is 4. The highest BCUT2D eigenvalue weighted by Gasteiger charge is 2.57. The molecule has 4 N–H and O–H groups in total. The fraction of sp³-hybridized carbons (Fsp3) is 0.261. The lowest BCUT2D eigenvalue weighted by Gasteiger charge is -2.34. The average Bonchev–Trinajstić information content (AvgIpc) is 3.62. The van der Waals surface area contributed by atoms with Gasteiger partial charge in [0.2, 0.25) is 0 Å². The Morgan fingerprint density at radius 1 is 1.28 bits per heavy atom. The van der Waals surface area contributed by atoms with E-state index >= 15 is 0 Å². The molecule has 13 heteroatoms. The number of imide groups is 1. The van der Waals surface area contributed by atoms with Crippen molar-refractivity contribution in [2.45, 2.75) is 24.6 Å². The zero-order valence-electron chi connectivity index (χ0n) is 18.9. The Morgan fingerprint density at radius 3 is 2.86 bits per heavy atom. The number of hydrogen-bond donors (Lipinski definition) is 4. The van der Waals surface area contributed by atoms with E-state index in [1.165, 1.54) is 18.1 Å². The van der Waals surface area contributed by atoms with Gasteiger partial charge in [-0.1, -0.05) is 6.07 Å². The number of fused-ring (bicyclic) bond motifs is 2. The Balaban J connectivity index is 1.28. The molecule has 6 rings (SSSR count). The summed E-state index contributed by atoms with van der Waals surface area (Å²) in [6.45, 7) is -0.157. The number of nitrogens with zero attached hydrogens (tertiary/aromatic N) is 3. The van der Waals surface area contributed by atoms with Crippen LogP contribution in [0.25, 0.3) is 0 Å². The highest BCUT2D eigenvalue weighted by molar-refractivity contribution is 6.08. The van der Waals surface area contributed by atoms with Gasteiger partial charge in [-0.2, -0.15) is 5.10 Å². The van der Waals surface area contributed by atoms with Crippen molar-refractivity contribution in [3.05, 3.63) is 59.3 Å². The lowest BCUT2D eigenvalue weighted by Crippen LogP contribution is -2.64. The smallest absolute Gasteiger partial charge is 0.322 e. The van der Waals surface area contributed by atoms with Gasteiger partial charge in [-0.05, 0) is 23.8 Å². The zero-order valence-corrected chi connectivity index (χ0v) is 18.9. The minimum Gasteiger partial charge on any atom is -0.494 e. The highest BCUT2D eigenvalue weighted by Crippen LogP contribution is 2.37. The van der Waals surface area contributed by atoms with Gasteiger partial charge in [0.25, 0.3) is 11.8 Å². The number of benzene rings is 1. The maximum atomic E-state index is 14.8. The molecule has 1 aromatic carbocycles. The monoisotopic (exact) mass is 493 g/mol. The van der Waals surface area contributed by atoms with Gasteiger partial charge in [0.1, 0.15) is 17.7 Å². The number of rotatable bonds is 6. The number of H-pyrrole nitrogens is 1. The first-order valence-corrected chi connectivity index (χ1v) is 11.1. The fourth-order valence-corrected chi connectivity index (χ4v) is 4.85. The molecule has 2 aromatic heterocycles. The van der Waals surface area contributed by atoms with E-state index in [-0.39, 0.29) is 30.8 Å². The quantitative estimate of drug-likeness (QED) is 0.375. The molecule has 4 amide bonds. The van der Waals surface area contributed by atoms with E-state index in [2.05, 4.69) is 31.1 Å². The number of carbonyl (C=O) groups is 3. The first kappa shape index (κ1) is 21.8. The fourth-order valence-electron chi connectivity index (χ4n) is 4.85. The summed E-state index contributed by atoms with van der Waals surface area (Å²) in [6.07, 6.45) is 2.61. The van der Waals surface area contributed by atoms with Crippen molar-refractivity contribution in [2.24, 2.45) is 0 Å². The number of halogens is 1. The first-order chi connectivity index (χ1) is 17.4. The van der Waals surface area contributed by atoms with E-state index in [0.717, 1.165) is 0 Å². The van der Waals surface area contributed by atoms with Crippen molar-refractivity contribution in [1.29, 1.82) is 0 Å². The standard InChI is InChI=1S/C23H20FN7O5/c1-35-15-3-2-11-9-31(20(32)18(11)19(15)24)10-23(21(33)29-22(34)30-23)16-6-13-14(36-16)4-5-17(28-13)27-12-7-25-26-8-12/h2-5,7-8,16H,6,9-10H2,1H3,(H,25,26)(H,27,28)(H2,29,30,33,34). The van der Waals surface area contributed by atoms with Gasteiger partial charge >= 0.3 is 6.03 Å². The lowest BCUT2D eigenvalue weighted by molar-refractivity contribution is -0.127. The molecule has 2 atom stereocenters. The number of methoxy groups -OCH3 is 1. The molecule has 5 heterocycles. The Hall–Kier alpha value is -4.68. The summed E-state index contributed by atoms with van der Waals surface area (Å²) in [5.74, 6) is -1.05. The van der Waals surface area contributed by atoms with Gasteiger partial charge in [-0.3, -0.25) is 20.0 Å². The van der Waals surface area contributed by atoms with Crippen LogP contribution in [0.1, 0.15) is 21.6 Å². The third-order valence-electron chi connectivity index (χ3n) is 6.58. The first-order valence-electron chi connectivity index (χ1n) is 11.1. The summed E-state index contributed by atoms with van der Waals surface area (Å²) in [4.78, 5) is 44.4. The van der Waals surface area contributed by atoms with Crippen molar-refractivity contribution in [1.82, 2.24) is 30.7 Å². The molecule has 0 bridgehead atoms. The van der Waals surface area contributed by atoms with Crippen LogP contribution < -0.4 is 25.4 Å². The molecular formula is C23H20FN7O5. The third-order valence-corrected chi connectivity index (χ3v) is 6.58. The van der Waals surface area contributed by atoms with Crippen LogP contribution in [0.2, 0.25) is 0 Å². The van der Waals surface area contributed by atoms with Crippen LogP contribution in [-0.2, 0) is 17.8 Å². The summed E-state index contributed by atoms with van der Waals surface area (Å²) >= 11 is 0. The van der Waals surface area contributed by atoms with E-state index in [1.807, 2.05) is 0 Å². The number of aromatic nitrogens is 3. The molecule has 36 heavy (non-hydrogen) atoms. The van der Waals surface area contributed by atoms with E-state index in [4.69, 9.17) is 9.47 Å². The van der Waals surface area contributed by atoms with Gasteiger partial charge in [-0.25, -0.2) is 14.2 Å². The van der Waals surface area contributed by atoms with E-state index < -0.39 is 35.3 Å². The van der Waals surface area contributed by atoms with Crippen LogP contribution in [0.4, 0.5) is 20.7 Å². The number of anilines is 2. The maximum absolute atomic E-state index is 14.8. The molecule has 2 unspecified atom stereocenters. The van der Waals surface area contributed by atoms with Crippen LogP contribution in [-0.4, -0.2) is 63.2 Å². The van der Waals surface area contributed by atoms with Gasteiger partial charge in [-0.15, -0.1) is 0 Å². The van der Waals surface area contributed by atoms with Gasteiger partial charge in [0.15, 0.2) is 17.1 Å². The predicted molar refractivity (Wildman–Crippen MR) is 121 cm³/mol. The highest BCUT2D eigenvalue weighted by atomic mass is 19.1. The molecule has 1 saturated heterocycles. The summed E-state index contributed by atoms with van der Waals surface area (Å²) in [5.41, 5.74) is 0.0436. The Bertz CT molecular complexity index is 1410. The molecule has 3 aromatic rings. The molecule has 12 nitrogen and oxygen atoms in total. The number of ether oxygens (including phenoxy) is 2. The Labute approximate surface area is 203 Å². The molecule has 0 spiro atoms. The largest absolute Gasteiger partial charge is 0.494 e. The maximum Gasteiger partial charge on any atom is 0.322 e. The molecule has 184 valence electrons. The van der Waals surface area contributed by atoms with Crippen LogP contribution in [0.3, 0.4) is 0 Å². The SMILES string of the molecule is COc1ccc2c(c1F)C(=O)N(CC1(C3Cc4nc(Nc5cn[nH]c5)ccc4O3)NC(=O)NC1=O)C2. The minimum atomic E-state index is -1.60. The molecule has 0 saturated carbocycles. The number of aromatic amines is 1. The van der Waals surface area contributed by atoms with E-state index in [1.54, 1.807) is 30.6 Å². The predicted octanol–water partition coefficient (Wildman–Crippen LogP) is 1.23. The van der Waals surface area contributed by atoms with Crippen molar-refractivity contribution in [2.75, 3.05) is 19.0 Å². The number of urea groups is 1. The normalized spacial score (nSPS) is 22.1. The molecular weight excluding hydrogens is 473 g/mol. The van der Waals surface area contributed by atoms with Crippen LogP contribution in [0.5, 0.6) is 11.5 Å². The van der Waals surface area contributed by atoms with E-state index in [0.29, 0.717) is 28.5 Å². The second kappa shape index (κ2) is 7.93. The van der Waals surface area contributed by atoms with Gasteiger partial charge < -0.3 is 25.0 Å². The molecule has 0 aliphatic carbocycles. The third kappa shape index (κ3) is 3.31. The number of hydrogen-bond acceptors (Lipinski definition) is 8. The molecule has 1 fully saturated rings. The second-order valence-corrected chi connectivity index (χ2v) is 8.72. The van der Waals surface area contributed by atoms with Crippen LogP contribution >= 0.6 is 0 Å². The summed E-state index contributed by atoms with van der Waals surface area (Å²) in [5, 5.41) is 14.6. The number of pyridine rings is 1.